The van der Waals surface area contributed by atoms with Crippen molar-refractivity contribution in [3.63, 3.8) is 0 Å². The van der Waals surface area contributed by atoms with E-state index in [4.69, 9.17) is 37.9 Å². The van der Waals surface area contributed by atoms with E-state index in [0.717, 1.165) is 0 Å². The summed E-state index contributed by atoms with van der Waals surface area (Å²) in [6.45, 7) is -0.646. The molecule has 2 heterocycles. The lowest BCUT2D eigenvalue weighted by atomic mass is 9.84. The van der Waals surface area contributed by atoms with Crippen LogP contribution in [0.5, 0.6) is 5.75 Å². The molecule has 0 fully saturated rings. The number of rotatable bonds is 9. The summed E-state index contributed by atoms with van der Waals surface area (Å²) in [6, 6.07) is 8.33. The first-order valence-electron chi connectivity index (χ1n) is 10.8. The van der Waals surface area contributed by atoms with E-state index >= 15 is 0 Å². The summed E-state index contributed by atoms with van der Waals surface area (Å²) in [7, 11) is 0. The van der Waals surface area contributed by atoms with Crippen LogP contribution in [0, 0.1) is 24.7 Å². The Morgan fingerprint density at radius 3 is 2.56 bits per heavy atom. The molecule has 3 rings (SSSR count). The molecule has 1 unspecified atom stereocenters. The molecule has 1 amide bonds. The van der Waals surface area contributed by atoms with Gasteiger partial charge < -0.3 is 30.4 Å². The van der Waals surface area contributed by atoms with Crippen LogP contribution in [-0.4, -0.2) is 54.3 Å². The lowest BCUT2D eigenvalue weighted by Gasteiger charge is -2.28. The summed E-state index contributed by atoms with van der Waals surface area (Å²) in [5.41, 5.74) is 7.84. The van der Waals surface area contributed by atoms with Gasteiger partial charge in [0.25, 0.3) is 5.91 Å². The fourth-order valence-electron chi connectivity index (χ4n) is 3.58. The maximum absolute atomic E-state index is 12.8. The zero-order valence-electron chi connectivity index (χ0n) is 19.2. The SMILES string of the molecule is C#CCOC(=O)CC1C(C(=O)OCC#C)=C(N)Oc2ccc(-c3ccnc(C(=O)NCCO)c3)cc21. The van der Waals surface area contributed by atoms with Crippen LogP contribution in [-0.2, 0) is 19.1 Å². The van der Waals surface area contributed by atoms with Gasteiger partial charge in [0.15, 0.2) is 13.2 Å². The van der Waals surface area contributed by atoms with E-state index in [1.54, 1.807) is 30.3 Å². The fourth-order valence-corrected chi connectivity index (χ4v) is 3.58. The van der Waals surface area contributed by atoms with Crippen molar-refractivity contribution >= 4 is 17.8 Å². The van der Waals surface area contributed by atoms with E-state index in [0.29, 0.717) is 22.4 Å². The number of aromatic nitrogens is 1. The third-order valence-electron chi connectivity index (χ3n) is 5.14. The number of esters is 2. The van der Waals surface area contributed by atoms with Gasteiger partial charge >= 0.3 is 11.9 Å². The predicted octanol–water partition coefficient (Wildman–Crippen LogP) is 0.860. The minimum absolute atomic E-state index is 0.0774. The number of hydrogen-bond acceptors (Lipinski definition) is 9. The summed E-state index contributed by atoms with van der Waals surface area (Å²) in [5, 5.41) is 11.5. The van der Waals surface area contributed by atoms with Crippen LogP contribution < -0.4 is 15.8 Å². The van der Waals surface area contributed by atoms with Gasteiger partial charge in [-0.15, -0.1) is 12.8 Å². The van der Waals surface area contributed by atoms with Crippen LogP contribution in [0.2, 0.25) is 0 Å². The number of nitrogens with one attached hydrogen (secondary N) is 1. The second-order valence-electron chi connectivity index (χ2n) is 7.44. The highest BCUT2D eigenvalue weighted by molar-refractivity contribution is 5.94. The summed E-state index contributed by atoms with van der Waals surface area (Å²) < 4.78 is 15.7. The first-order chi connectivity index (χ1) is 17.4. The molecule has 4 N–H and O–H groups in total. The van der Waals surface area contributed by atoms with Gasteiger partial charge in [0, 0.05) is 24.2 Å². The number of aliphatic hydroxyl groups is 1. The van der Waals surface area contributed by atoms with Crippen molar-refractivity contribution < 1.29 is 33.7 Å². The topological polar surface area (TPSA) is 150 Å². The molecule has 0 radical (unpaired) electrons. The van der Waals surface area contributed by atoms with Crippen molar-refractivity contribution in [1.82, 2.24) is 10.3 Å². The Bertz CT molecular complexity index is 1290. The number of benzene rings is 1. The molecular weight excluding hydrogens is 466 g/mol. The lowest BCUT2D eigenvalue weighted by Crippen LogP contribution is -2.28. The van der Waals surface area contributed by atoms with Gasteiger partial charge in [-0.05, 0) is 35.4 Å². The van der Waals surface area contributed by atoms with Gasteiger partial charge in [0.05, 0.1) is 13.0 Å². The summed E-state index contributed by atoms with van der Waals surface area (Å²) in [4.78, 5) is 41.5. The Hall–Kier alpha value is -4.80. The number of fused-ring (bicyclic) bond motifs is 1. The second kappa shape index (κ2) is 12.1. The molecule has 1 aliphatic heterocycles. The molecule has 2 aromatic rings. The molecule has 1 aromatic carbocycles. The Balaban J connectivity index is 2.02. The zero-order valence-corrected chi connectivity index (χ0v) is 19.2. The van der Waals surface area contributed by atoms with Gasteiger partial charge in [-0.1, -0.05) is 17.9 Å². The molecule has 0 bridgehead atoms. The first kappa shape index (κ1) is 25.8. The number of pyridine rings is 1. The summed E-state index contributed by atoms with van der Waals surface area (Å²) >= 11 is 0. The molecular formula is C26H23N3O7. The highest BCUT2D eigenvalue weighted by Gasteiger charge is 2.36. The van der Waals surface area contributed by atoms with Gasteiger partial charge in [0.1, 0.15) is 17.0 Å². The number of hydrogen-bond donors (Lipinski definition) is 3. The second-order valence-corrected chi connectivity index (χ2v) is 7.44. The first-order valence-corrected chi connectivity index (χ1v) is 10.8. The van der Waals surface area contributed by atoms with Gasteiger partial charge in [0.2, 0.25) is 5.88 Å². The number of amides is 1. The van der Waals surface area contributed by atoms with E-state index in [9.17, 15) is 14.4 Å². The van der Waals surface area contributed by atoms with E-state index in [2.05, 4.69) is 22.1 Å². The van der Waals surface area contributed by atoms with Crippen LogP contribution in [0.1, 0.15) is 28.4 Å². The standard InChI is InChI=1S/C26H23N3O7/c1-3-11-34-22(31)15-19-18-13-16(17-7-8-28-20(14-17)25(32)29-9-10-30)5-6-21(18)36-24(27)23(19)26(33)35-12-4-2/h1-2,5-8,13-14,19,30H,9-12,15,27H2,(H,29,32). The third-order valence-corrected chi connectivity index (χ3v) is 5.14. The average Bonchev–Trinajstić information content (AvgIpc) is 2.89. The molecule has 10 nitrogen and oxygen atoms in total. The largest absolute Gasteiger partial charge is 0.452 e. The summed E-state index contributed by atoms with van der Waals surface area (Å²) in [6.07, 6.45) is 11.6. The quantitative estimate of drug-likeness (QED) is 0.344. The maximum Gasteiger partial charge on any atom is 0.341 e. The van der Waals surface area contributed by atoms with E-state index in [-0.39, 0.29) is 49.9 Å². The average molecular weight is 489 g/mol. The number of carbonyl (C=O) groups is 3. The molecule has 0 aliphatic carbocycles. The Labute approximate surface area is 207 Å². The fraction of sp³-hybridized carbons (Fsp3) is 0.231. The van der Waals surface area contributed by atoms with Crippen LogP contribution in [0.15, 0.2) is 48.0 Å². The van der Waals surface area contributed by atoms with Gasteiger partial charge in [-0.2, -0.15) is 0 Å². The van der Waals surface area contributed by atoms with Crippen LogP contribution >= 0.6 is 0 Å². The Kier molecular flexibility index (Phi) is 8.65. The Morgan fingerprint density at radius 2 is 1.83 bits per heavy atom. The minimum Gasteiger partial charge on any atom is -0.452 e. The number of carbonyl (C=O) groups excluding carboxylic acids is 3. The molecule has 0 saturated carbocycles. The van der Waals surface area contributed by atoms with Crippen molar-refractivity contribution in [1.29, 1.82) is 0 Å². The van der Waals surface area contributed by atoms with Gasteiger partial charge in [-0.25, -0.2) is 4.79 Å². The highest BCUT2D eigenvalue weighted by Crippen LogP contribution is 2.42. The van der Waals surface area contributed by atoms with Crippen molar-refractivity contribution in [3.05, 3.63) is 59.2 Å². The van der Waals surface area contributed by atoms with E-state index < -0.39 is 23.8 Å². The molecule has 10 heteroatoms. The normalized spacial score (nSPS) is 13.9. The van der Waals surface area contributed by atoms with Crippen molar-refractivity contribution in [2.24, 2.45) is 5.73 Å². The number of nitrogens with zero attached hydrogens (tertiary/aromatic N) is 1. The van der Waals surface area contributed by atoms with Crippen molar-refractivity contribution in [2.45, 2.75) is 12.3 Å². The Morgan fingerprint density at radius 1 is 1.11 bits per heavy atom. The smallest absolute Gasteiger partial charge is 0.341 e. The zero-order chi connectivity index (χ0) is 26.1. The lowest BCUT2D eigenvalue weighted by molar-refractivity contribution is -0.142. The maximum atomic E-state index is 12.8. The summed E-state index contributed by atoms with van der Waals surface area (Å²) in [5.74, 6) is 1.71. The predicted molar refractivity (Wildman–Crippen MR) is 128 cm³/mol. The molecule has 0 saturated heterocycles. The van der Waals surface area contributed by atoms with Gasteiger partial charge in [-0.3, -0.25) is 14.6 Å². The van der Waals surface area contributed by atoms with E-state index in [1.165, 1.54) is 6.20 Å². The van der Waals surface area contributed by atoms with Crippen LogP contribution in [0.25, 0.3) is 11.1 Å². The number of terminal acetylenes is 2. The molecule has 1 aliphatic rings. The molecule has 0 spiro atoms. The monoisotopic (exact) mass is 489 g/mol. The van der Waals surface area contributed by atoms with Crippen LogP contribution in [0.4, 0.5) is 0 Å². The third kappa shape index (κ3) is 6.00. The molecule has 1 aromatic heterocycles. The van der Waals surface area contributed by atoms with Crippen molar-refractivity contribution in [3.8, 4) is 41.6 Å². The number of aliphatic hydroxyl groups excluding tert-OH is 1. The molecule has 1 atom stereocenters. The molecule has 184 valence electrons. The minimum atomic E-state index is -0.876. The molecule has 36 heavy (non-hydrogen) atoms. The van der Waals surface area contributed by atoms with E-state index in [1.807, 2.05) is 0 Å². The van der Waals surface area contributed by atoms with Crippen LogP contribution in [0.3, 0.4) is 0 Å². The number of ether oxygens (including phenoxy) is 3. The van der Waals surface area contributed by atoms with Crippen molar-refractivity contribution in [2.75, 3.05) is 26.4 Å². The number of nitrogens with two attached hydrogens (primary N) is 1. The highest BCUT2D eigenvalue weighted by atomic mass is 16.5.